The van der Waals surface area contributed by atoms with E-state index < -0.39 is 0 Å². The molecule has 1 aromatic heterocycles. The second-order valence-electron chi connectivity index (χ2n) is 5.64. The molecule has 22 heavy (non-hydrogen) atoms. The van der Waals surface area contributed by atoms with Gasteiger partial charge in [-0.3, -0.25) is 4.79 Å². The van der Waals surface area contributed by atoms with Crippen molar-refractivity contribution >= 4 is 39.0 Å². The molecule has 0 saturated heterocycles. The Kier molecular flexibility index (Phi) is 4.43. The summed E-state index contributed by atoms with van der Waals surface area (Å²) in [5.74, 6) is 1.04. The Labute approximate surface area is 138 Å². The highest BCUT2D eigenvalue weighted by Crippen LogP contribution is 2.28. The Bertz CT molecular complexity index is 681. The number of anilines is 3. The quantitative estimate of drug-likeness (QED) is 0.836. The summed E-state index contributed by atoms with van der Waals surface area (Å²) >= 11 is 3.52. The van der Waals surface area contributed by atoms with Gasteiger partial charge in [0.25, 0.3) is 0 Å². The summed E-state index contributed by atoms with van der Waals surface area (Å²) in [6.45, 7) is 2.05. The van der Waals surface area contributed by atoms with Gasteiger partial charge in [0.15, 0.2) is 0 Å². The van der Waals surface area contributed by atoms with Crippen molar-refractivity contribution in [1.82, 2.24) is 4.98 Å². The summed E-state index contributed by atoms with van der Waals surface area (Å²) < 4.78 is 1.06. The molecule has 1 aliphatic rings. The Balaban J connectivity index is 1.63. The maximum Gasteiger partial charge on any atom is 0.227 e. The van der Waals surface area contributed by atoms with Crippen molar-refractivity contribution in [2.75, 3.05) is 10.6 Å². The van der Waals surface area contributed by atoms with Crippen LogP contribution < -0.4 is 10.6 Å². The topological polar surface area (TPSA) is 54.0 Å². The zero-order valence-electron chi connectivity index (χ0n) is 12.4. The zero-order chi connectivity index (χ0) is 15.5. The number of hydrogen-bond acceptors (Lipinski definition) is 3. The van der Waals surface area contributed by atoms with Gasteiger partial charge in [-0.1, -0.05) is 28.4 Å². The first-order valence-electron chi connectivity index (χ1n) is 7.42. The van der Waals surface area contributed by atoms with Gasteiger partial charge in [-0.15, -0.1) is 0 Å². The number of pyridine rings is 1. The summed E-state index contributed by atoms with van der Waals surface area (Å²) in [4.78, 5) is 16.2. The number of nitrogens with one attached hydrogen (secondary N) is 2. The van der Waals surface area contributed by atoms with Crippen LogP contribution >= 0.6 is 15.9 Å². The highest BCUT2D eigenvalue weighted by Gasteiger charge is 2.25. The van der Waals surface area contributed by atoms with Crippen LogP contribution in [-0.4, -0.2) is 10.9 Å². The third-order valence-corrected chi connectivity index (χ3v) is 4.81. The van der Waals surface area contributed by atoms with Crippen LogP contribution in [0, 0.1) is 12.8 Å². The number of rotatable bonds is 4. The molecule has 0 spiro atoms. The van der Waals surface area contributed by atoms with Crippen molar-refractivity contribution in [2.24, 2.45) is 5.92 Å². The normalized spacial score (nSPS) is 14.3. The van der Waals surface area contributed by atoms with Gasteiger partial charge in [-0.05, 0) is 49.6 Å². The van der Waals surface area contributed by atoms with Crippen LogP contribution in [0.3, 0.4) is 0 Å². The van der Waals surface area contributed by atoms with Crippen molar-refractivity contribution in [3.05, 3.63) is 46.6 Å². The molecule has 114 valence electrons. The lowest BCUT2D eigenvalue weighted by atomic mass is 9.85. The predicted molar refractivity (Wildman–Crippen MR) is 92.4 cm³/mol. The molecule has 1 heterocycles. The van der Waals surface area contributed by atoms with Gasteiger partial charge in [0, 0.05) is 16.1 Å². The molecular formula is C17H18BrN3O. The Morgan fingerprint density at radius 2 is 2.00 bits per heavy atom. The number of halogens is 1. The van der Waals surface area contributed by atoms with Crippen LogP contribution in [0.15, 0.2) is 41.0 Å². The zero-order valence-corrected chi connectivity index (χ0v) is 14.0. The second-order valence-corrected chi connectivity index (χ2v) is 6.49. The molecule has 1 saturated carbocycles. The summed E-state index contributed by atoms with van der Waals surface area (Å²) in [5, 5.41) is 6.16. The molecule has 1 aromatic carbocycles. The van der Waals surface area contributed by atoms with Crippen LogP contribution in [0.2, 0.25) is 0 Å². The molecule has 0 bridgehead atoms. The molecule has 0 radical (unpaired) electrons. The summed E-state index contributed by atoms with van der Waals surface area (Å²) in [6.07, 6.45) is 4.84. The van der Waals surface area contributed by atoms with Crippen molar-refractivity contribution < 1.29 is 4.79 Å². The molecule has 5 heteroatoms. The standard InChI is InChI=1S/C17H18BrN3O/c1-11-5-6-13(9-15(11)18)20-16-8-7-14(10-19-16)21-17(22)12-3-2-4-12/h5-10,12H,2-4H2,1H3,(H,19,20)(H,21,22). The van der Waals surface area contributed by atoms with Crippen molar-refractivity contribution in [3.8, 4) is 0 Å². The Morgan fingerprint density at radius 3 is 2.59 bits per heavy atom. The molecule has 0 aliphatic heterocycles. The average molecular weight is 360 g/mol. The van der Waals surface area contributed by atoms with Gasteiger partial charge >= 0.3 is 0 Å². The second kappa shape index (κ2) is 6.48. The van der Waals surface area contributed by atoms with E-state index in [0.29, 0.717) is 0 Å². The number of aryl methyl sites for hydroxylation is 1. The summed E-state index contributed by atoms with van der Waals surface area (Å²) in [7, 11) is 0. The van der Waals surface area contributed by atoms with Gasteiger partial charge in [0.05, 0.1) is 11.9 Å². The molecule has 1 amide bonds. The Morgan fingerprint density at radius 1 is 1.23 bits per heavy atom. The lowest BCUT2D eigenvalue weighted by Crippen LogP contribution is -2.28. The number of carbonyl (C=O) groups is 1. The minimum Gasteiger partial charge on any atom is -0.340 e. The van der Waals surface area contributed by atoms with E-state index in [-0.39, 0.29) is 11.8 Å². The number of amides is 1. The van der Waals surface area contributed by atoms with Gasteiger partial charge < -0.3 is 10.6 Å². The van der Waals surface area contributed by atoms with E-state index in [4.69, 9.17) is 0 Å². The predicted octanol–water partition coefficient (Wildman–Crippen LogP) is 4.63. The summed E-state index contributed by atoms with van der Waals surface area (Å²) in [6, 6.07) is 9.80. The highest BCUT2D eigenvalue weighted by atomic mass is 79.9. The molecular weight excluding hydrogens is 342 g/mol. The molecule has 1 aliphatic carbocycles. The first-order chi connectivity index (χ1) is 10.6. The number of hydrogen-bond donors (Lipinski definition) is 2. The fourth-order valence-electron chi connectivity index (χ4n) is 2.28. The van der Waals surface area contributed by atoms with Crippen molar-refractivity contribution in [3.63, 3.8) is 0 Å². The molecule has 0 unspecified atom stereocenters. The average Bonchev–Trinajstić information content (AvgIpc) is 2.43. The minimum atomic E-state index is 0.108. The number of aromatic nitrogens is 1. The van der Waals surface area contributed by atoms with Crippen molar-refractivity contribution in [1.29, 1.82) is 0 Å². The van der Waals surface area contributed by atoms with Crippen LogP contribution in [0.25, 0.3) is 0 Å². The van der Waals surface area contributed by atoms with E-state index in [1.54, 1.807) is 6.20 Å². The molecule has 3 rings (SSSR count). The van der Waals surface area contributed by atoms with Gasteiger partial charge in [-0.25, -0.2) is 4.98 Å². The van der Waals surface area contributed by atoms with E-state index in [1.807, 2.05) is 37.3 Å². The smallest absolute Gasteiger partial charge is 0.227 e. The minimum absolute atomic E-state index is 0.108. The lowest BCUT2D eigenvalue weighted by molar-refractivity contribution is -0.122. The van der Waals surface area contributed by atoms with E-state index in [2.05, 4.69) is 31.5 Å². The van der Waals surface area contributed by atoms with Crippen LogP contribution in [0.1, 0.15) is 24.8 Å². The maximum atomic E-state index is 11.9. The molecule has 1 fully saturated rings. The number of benzene rings is 1. The molecule has 4 nitrogen and oxygen atoms in total. The Hall–Kier alpha value is -1.88. The van der Waals surface area contributed by atoms with Gasteiger partial charge in [0.1, 0.15) is 5.82 Å². The molecule has 2 aromatic rings. The van der Waals surface area contributed by atoms with E-state index in [1.165, 1.54) is 5.56 Å². The van der Waals surface area contributed by atoms with Crippen LogP contribution in [0.4, 0.5) is 17.2 Å². The lowest BCUT2D eigenvalue weighted by Gasteiger charge is -2.23. The SMILES string of the molecule is Cc1ccc(Nc2ccc(NC(=O)C3CCC3)cn2)cc1Br. The first-order valence-corrected chi connectivity index (χ1v) is 8.21. The van der Waals surface area contributed by atoms with Crippen LogP contribution in [0.5, 0.6) is 0 Å². The number of carbonyl (C=O) groups excluding carboxylic acids is 1. The largest absolute Gasteiger partial charge is 0.340 e. The molecule has 2 N–H and O–H groups in total. The summed E-state index contributed by atoms with van der Waals surface area (Å²) in [5.41, 5.74) is 2.90. The van der Waals surface area contributed by atoms with Crippen molar-refractivity contribution in [2.45, 2.75) is 26.2 Å². The van der Waals surface area contributed by atoms with E-state index >= 15 is 0 Å². The van der Waals surface area contributed by atoms with E-state index in [9.17, 15) is 4.79 Å². The maximum absolute atomic E-state index is 11.9. The third kappa shape index (κ3) is 3.47. The van der Waals surface area contributed by atoms with Crippen LogP contribution in [-0.2, 0) is 4.79 Å². The van der Waals surface area contributed by atoms with Gasteiger partial charge in [0.2, 0.25) is 5.91 Å². The first kappa shape index (κ1) is 15.0. The fourth-order valence-corrected chi connectivity index (χ4v) is 2.65. The molecule has 0 atom stereocenters. The fraction of sp³-hybridized carbons (Fsp3) is 0.294. The number of nitrogens with zero attached hydrogens (tertiary/aromatic N) is 1. The highest BCUT2D eigenvalue weighted by molar-refractivity contribution is 9.10. The van der Waals surface area contributed by atoms with E-state index in [0.717, 1.165) is 40.9 Å². The monoisotopic (exact) mass is 359 g/mol. The van der Waals surface area contributed by atoms with Gasteiger partial charge in [-0.2, -0.15) is 0 Å². The third-order valence-electron chi connectivity index (χ3n) is 3.95.